The highest BCUT2D eigenvalue weighted by atomic mass is 15.3. The highest BCUT2D eigenvalue weighted by Crippen LogP contribution is 2.02. The van der Waals surface area contributed by atoms with E-state index in [4.69, 9.17) is 0 Å². The molecule has 0 fully saturated rings. The molecule has 0 aliphatic heterocycles. The highest BCUT2D eigenvalue weighted by molar-refractivity contribution is 5.28. The largest absolute Gasteiger partial charge is 0.265 e. The Morgan fingerprint density at radius 2 is 1.76 bits per heavy atom. The van der Waals surface area contributed by atoms with Crippen LogP contribution in [0, 0.1) is 0 Å². The van der Waals surface area contributed by atoms with E-state index in [1.165, 1.54) is 6.42 Å². The number of benzene rings is 1. The molecule has 2 rings (SSSR count). The zero-order chi connectivity index (χ0) is 12.5. The van der Waals surface area contributed by atoms with Crippen LogP contribution in [-0.4, -0.2) is 9.78 Å². The molecular weight excluding hydrogens is 210 g/mol. The van der Waals surface area contributed by atoms with Gasteiger partial charge in [-0.3, -0.25) is 0 Å². The summed E-state index contributed by atoms with van der Waals surface area (Å²) < 4.78 is 3.97. The molecule has 0 unspecified atom stereocenters. The van der Waals surface area contributed by atoms with Crippen molar-refractivity contribution in [3.8, 4) is 5.69 Å². The summed E-state index contributed by atoms with van der Waals surface area (Å²) in [7, 11) is 0. The quantitative estimate of drug-likeness (QED) is 0.746. The van der Waals surface area contributed by atoms with Crippen molar-refractivity contribution in [2.75, 3.05) is 0 Å². The first-order valence-electron chi connectivity index (χ1n) is 6.30. The summed E-state index contributed by atoms with van der Waals surface area (Å²) in [6, 6.07) is 10.1. The van der Waals surface area contributed by atoms with Crippen LogP contribution < -0.4 is 4.57 Å². The van der Waals surface area contributed by atoms with Crippen molar-refractivity contribution in [1.29, 1.82) is 0 Å². The third-order valence-corrected chi connectivity index (χ3v) is 2.08. The SMILES string of the molecule is CCC.CCC[n+]1cnn(-c2ccccc2)c1. The molecule has 0 N–H and O–H groups in total. The van der Waals surface area contributed by atoms with Crippen LogP contribution in [0.3, 0.4) is 0 Å². The Kier molecular flexibility index (Phi) is 6.00. The molecule has 0 aliphatic carbocycles. The predicted octanol–water partition coefficient (Wildman–Crippen LogP) is 2.99. The van der Waals surface area contributed by atoms with Gasteiger partial charge < -0.3 is 0 Å². The topological polar surface area (TPSA) is 21.7 Å². The van der Waals surface area contributed by atoms with Crippen molar-refractivity contribution in [3.63, 3.8) is 0 Å². The average molecular weight is 232 g/mol. The summed E-state index contributed by atoms with van der Waals surface area (Å²) in [5.41, 5.74) is 1.10. The zero-order valence-electron chi connectivity index (χ0n) is 11.0. The summed E-state index contributed by atoms with van der Waals surface area (Å²) in [6.07, 6.45) is 6.25. The van der Waals surface area contributed by atoms with Gasteiger partial charge in [-0.05, 0) is 18.6 Å². The first kappa shape index (κ1) is 13.4. The van der Waals surface area contributed by atoms with Crippen LogP contribution in [0.25, 0.3) is 5.69 Å². The van der Waals surface area contributed by atoms with Crippen molar-refractivity contribution < 1.29 is 4.57 Å². The summed E-state index contributed by atoms with van der Waals surface area (Å²) in [6.45, 7) is 7.43. The molecule has 0 aliphatic rings. The summed E-state index contributed by atoms with van der Waals surface area (Å²) in [5, 5.41) is 4.28. The molecule has 0 atom stereocenters. The number of aromatic nitrogens is 3. The second-order valence-corrected chi connectivity index (χ2v) is 3.97. The molecular formula is C14H22N3+. The van der Waals surface area contributed by atoms with Gasteiger partial charge in [0.15, 0.2) is 0 Å². The fourth-order valence-corrected chi connectivity index (χ4v) is 1.41. The lowest BCUT2D eigenvalue weighted by atomic mass is 10.3. The van der Waals surface area contributed by atoms with Crippen LogP contribution in [0.4, 0.5) is 0 Å². The second kappa shape index (κ2) is 7.60. The zero-order valence-corrected chi connectivity index (χ0v) is 11.0. The molecule has 1 aromatic carbocycles. The molecule has 0 radical (unpaired) electrons. The van der Waals surface area contributed by atoms with Crippen molar-refractivity contribution >= 4 is 0 Å². The van der Waals surface area contributed by atoms with Gasteiger partial charge in [0.25, 0.3) is 6.33 Å². The van der Waals surface area contributed by atoms with Gasteiger partial charge in [0.05, 0.1) is 6.54 Å². The van der Waals surface area contributed by atoms with E-state index in [9.17, 15) is 0 Å². The van der Waals surface area contributed by atoms with Gasteiger partial charge in [-0.1, -0.05) is 50.1 Å². The number of hydrogen-bond donors (Lipinski definition) is 0. The molecule has 0 amide bonds. The van der Waals surface area contributed by atoms with E-state index in [-0.39, 0.29) is 0 Å². The highest BCUT2D eigenvalue weighted by Gasteiger charge is 2.06. The fraction of sp³-hybridized carbons (Fsp3) is 0.429. The van der Waals surface area contributed by atoms with Gasteiger partial charge >= 0.3 is 0 Å². The maximum atomic E-state index is 4.28. The Morgan fingerprint density at radius 3 is 2.35 bits per heavy atom. The average Bonchev–Trinajstić information content (AvgIpc) is 2.80. The second-order valence-electron chi connectivity index (χ2n) is 3.97. The molecule has 2 aromatic rings. The summed E-state index contributed by atoms with van der Waals surface area (Å²) in [5.74, 6) is 0. The lowest BCUT2D eigenvalue weighted by molar-refractivity contribution is -0.697. The van der Waals surface area contributed by atoms with Crippen LogP contribution >= 0.6 is 0 Å². The van der Waals surface area contributed by atoms with Crippen LogP contribution in [0.2, 0.25) is 0 Å². The first-order valence-corrected chi connectivity index (χ1v) is 6.30. The number of nitrogens with zero attached hydrogens (tertiary/aromatic N) is 3. The van der Waals surface area contributed by atoms with Gasteiger partial charge in [-0.25, -0.2) is 4.57 Å². The van der Waals surface area contributed by atoms with Crippen molar-refractivity contribution in [2.45, 2.75) is 40.2 Å². The van der Waals surface area contributed by atoms with E-state index < -0.39 is 0 Å². The van der Waals surface area contributed by atoms with Gasteiger partial charge in [0.1, 0.15) is 5.69 Å². The standard InChI is InChI=1S/C11H14N3.C3H8/c1-2-8-13-9-12-14(10-13)11-6-4-3-5-7-11;1-3-2/h3-7,9-10H,2,8H2,1H3;3H2,1-2H3/q+1;. The number of para-hydroxylation sites is 1. The van der Waals surface area contributed by atoms with Crippen LogP contribution in [0.5, 0.6) is 0 Å². The predicted molar refractivity (Wildman–Crippen MR) is 70.0 cm³/mol. The van der Waals surface area contributed by atoms with Gasteiger partial charge in [-0.15, -0.1) is 0 Å². The van der Waals surface area contributed by atoms with Gasteiger partial charge in [-0.2, -0.15) is 0 Å². The lowest BCUT2D eigenvalue weighted by Crippen LogP contribution is -2.30. The van der Waals surface area contributed by atoms with Crippen LogP contribution in [0.15, 0.2) is 43.0 Å². The monoisotopic (exact) mass is 232 g/mol. The lowest BCUT2D eigenvalue weighted by Gasteiger charge is -1.91. The molecule has 3 nitrogen and oxygen atoms in total. The Labute approximate surface area is 104 Å². The fourth-order valence-electron chi connectivity index (χ4n) is 1.41. The van der Waals surface area contributed by atoms with Gasteiger partial charge in [0, 0.05) is 5.10 Å². The molecule has 0 saturated carbocycles. The van der Waals surface area contributed by atoms with E-state index >= 15 is 0 Å². The first-order chi connectivity index (χ1) is 8.31. The molecule has 17 heavy (non-hydrogen) atoms. The minimum atomic E-state index is 1.02. The third-order valence-electron chi connectivity index (χ3n) is 2.08. The third kappa shape index (κ3) is 4.39. The van der Waals surface area contributed by atoms with E-state index in [1.807, 2.05) is 47.7 Å². The normalized spacial score (nSPS) is 9.59. The van der Waals surface area contributed by atoms with Crippen LogP contribution in [-0.2, 0) is 6.54 Å². The van der Waals surface area contributed by atoms with Crippen molar-refractivity contribution in [1.82, 2.24) is 9.78 Å². The molecule has 3 heteroatoms. The molecule has 0 saturated heterocycles. The Bertz CT molecular complexity index is 406. The minimum absolute atomic E-state index is 1.02. The van der Waals surface area contributed by atoms with E-state index in [1.54, 1.807) is 0 Å². The Balaban J connectivity index is 0.000000437. The summed E-state index contributed by atoms with van der Waals surface area (Å²) in [4.78, 5) is 0. The smallest absolute Gasteiger partial charge is 0.237 e. The summed E-state index contributed by atoms with van der Waals surface area (Å²) >= 11 is 0. The maximum absolute atomic E-state index is 4.28. The van der Waals surface area contributed by atoms with E-state index in [0.717, 1.165) is 18.7 Å². The minimum Gasteiger partial charge on any atom is -0.237 e. The molecule has 0 bridgehead atoms. The molecule has 0 spiro atoms. The van der Waals surface area contributed by atoms with Crippen molar-refractivity contribution in [3.05, 3.63) is 43.0 Å². The van der Waals surface area contributed by atoms with Crippen LogP contribution in [0.1, 0.15) is 33.6 Å². The number of aryl methyl sites for hydroxylation is 1. The number of hydrogen-bond acceptors (Lipinski definition) is 1. The van der Waals surface area contributed by atoms with Crippen molar-refractivity contribution in [2.24, 2.45) is 0 Å². The van der Waals surface area contributed by atoms with Gasteiger partial charge in [0.2, 0.25) is 6.33 Å². The molecule has 1 aromatic heterocycles. The molecule has 92 valence electrons. The Hall–Kier alpha value is -1.64. The van der Waals surface area contributed by atoms with E-state index in [2.05, 4.69) is 30.4 Å². The maximum Gasteiger partial charge on any atom is 0.265 e. The molecule has 1 heterocycles. The van der Waals surface area contributed by atoms with E-state index in [0.29, 0.717) is 0 Å². The number of rotatable bonds is 3. The Morgan fingerprint density at radius 1 is 1.12 bits per heavy atom.